The highest BCUT2D eigenvalue weighted by Gasteiger charge is 2.37. The van der Waals surface area contributed by atoms with Gasteiger partial charge in [-0.3, -0.25) is 18.5 Å². The molecule has 37 heavy (non-hydrogen) atoms. The second-order valence-corrected chi connectivity index (χ2v) is 7.84. The number of carbonyl (C=O) groups excluding carboxylic acids is 1. The summed E-state index contributed by atoms with van der Waals surface area (Å²) < 4.78 is 67.4. The van der Waals surface area contributed by atoms with Crippen LogP contribution in [-0.4, -0.2) is 26.3 Å². The summed E-state index contributed by atoms with van der Waals surface area (Å²) in [6.45, 7) is 2.39. The summed E-state index contributed by atoms with van der Waals surface area (Å²) in [5, 5.41) is 0. The highest BCUT2D eigenvalue weighted by molar-refractivity contribution is 5.88. The highest BCUT2D eigenvalue weighted by atomic mass is 19.4. The van der Waals surface area contributed by atoms with E-state index < -0.39 is 58.2 Å². The van der Waals surface area contributed by atoms with Crippen LogP contribution in [0.3, 0.4) is 0 Å². The molecule has 0 aliphatic carbocycles. The fraction of sp³-hybridized carbons (Fsp3) is 0.250. The molecule has 0 N–H and O–H groups in total. The molecule has 2 aromatic carbocycles. The zero-order valence-electron chi connectivity index (χ0n) is 19.5. The predicted molar refractivity (Wildman–Crippen MR) is 122 cm³/mol. The SMILES string of the molecule is CCOC(=O)c1cn(-c2ccc3c(c2)oc(=O)n3CC)c(=O)n(Cc2cccc(F)c2C(F)(F)F)c1=O. The van der Waals surface area contributed by atoms with Gasteiger partial charge in [0.2, 0.25) is 0 Å². The second kappa shape index (κ2) is 9.56. The Bertz CT molecular complexity index is 1690. The maximum Gasteiger partial charge on any atom is 0.419 e. The van der Waals surface area contributed by atoms with Crippen LogP contribution in [0.1, 0.15) is 35.3 Å². The third-order valence-electron chi connectivity index (χ3n) is 5.62. The van der Waals surface area contributed by atoms with Crippen molar-refractivity contribution in [3.05, 3.63) is 96.5 Å². The number of oxazole rings is 1. The van der Waals surface area contributed by atoms with Gasteiger partial charge in [-0.2, -0.15) is 13.2 Å². The number of nitrogens with zero attached hydrogens (tertiary/aromatic N) is 3. The van der Waals surface area contributed by atoms with Crippen LogP contribution in [0.4, 0.5) is 17.6 Å². The number of aromatic nitrogens is 3. The van der Waals surface area contributed by atoms with E-state index in [9.17, 15) is 36.7 Å². The van der Waals surface area contributed by atoms with Crippen LogP contribution in [0.15, 0.2) is 61.4 Å². The number of esters is 1. The lowest BCUT2D eigenvalue weighted by atomic mass is 10.1. The van der Waals surface area contributed by atoms with Crippen molar-refractivity contribution in [1.29, 1.82) is 0 Å². The number of rotatable bonds is 6. The van der Waals surface area contributed by atoms with Crippen LogP contribution in [-0.2, 0) is 24.0 Å². The molecule has 0 fully saturated rings. The molecule has 194 valence electrons. The molecule has 13 heteroatoms. The number of aryl methyl sites for hydroxylation is 1. The van der Waals surface area contributed by atoms with Gasteiger partial charge in [-0.15, -0.1) is 0 Å². The van der Waals surface area contributed by atoms with Gasteiger partial charge in [-0.25, -0.2) is 18.8 Å². The summed E-state index contributed by atoms with van der Waals surface area (Å²) in [6.07, 6.45) is -4.22. The average molecular weight is 521 g/mol. The predicted octanol–water partition coefficient (Wildman–Crippen LogP) is 3.31. The van der Waals surface area contributed by atoms with Gasteiger partial charge in [0.25, 0.3) is 5.56 Å². The largest absolute Gasteiger partial charge is 0.462 e. The fourth-order valence-corrected chi connectivity index (χ4v) is 3.97. The van der Waals surface area contributed by atoms with Gasteiger partial charge in [0.1, 0.15) is 11.4 Å². The van der Waals surface area contributed by atoms with Gasteiger partial charge in [0.05, 0.1) is 29.9 Å². The van der Waals surface area contributed by atoms with E-state index in [1.165, 1.54) is 29.7 Å². The quantitative estimate of drug-likeness (QED) is 0.285. The summed E-state index contributed by atoms with van der Waals surface area (Å²) in [5.41, 5.74) is -4.76. The first-order valence-electron chi connectivity index (χ1n) is 11.0. The molecule has 0 radical (unpaired) electrons. The van der Waals surface area contributed by atoms with Crippen molar-refractivity contribution in [2.24, 2.45) is 0 Å². The number of ether oxygens (including phenoxy) is 1. The first-order chi connectivity index (χ1) is 17.5. The van der Waals surface area contributed by atoms with E-state index in [0.29, 0.717) is 22.7 Å². The molecule has 0 atom stereocenters. The zero-order valence-corrected chi connectivity index (χ0v) is 19.5. The first-order valence-corrected chi connectivity index (χ1v) is 11.0. The van der Waals surface area contributed by atoms with Crippen molar-refractivity contribution in [3.8, 4) is 5.69 Å². The summed E-state index contributed by atoms with van der Waals surface area (Å²) in [6, 6.07) is 6.71. The molecule has 0 unspecified atom stereocenters. The molecule has 0 aliphatic heterocycles. The number of carbonyl (C=O) groups is 1. The second-order valence-electron chi connectivity index (χ2n) is 7.84. The smallest absolute Gasteiger partial charge is 0.419 e. The topological polar surface area (TPSA) is 105 Å². The number of halogens is 4. The number of hydrogen-bond donors (Lipinski definition) is 0. The average Bonchev–Trinajstić information content (AvgIpc) is 3.15. The zero-order chi connectivity index (χ0) is 27.1. The first kappa shape index (κ1) is 25.7. The molecule has 4 rings (SSSR count). The monoisotopic (exact) mass is 521 g/mol. The van der Waals surface area contributed by atoms with Crippen LogP contribution in [0.2, 0.25) is 0 Å². The standard InChI is InChI=1S/C24H19F4N3O6/c1-3-29-17-9-8-14(10-18(17)37-23(29)35)30-12-15(21(33)36-4-2)20(32)31(22(30)34)11-13-6-5-7-16(25)19(13)24(26,27)28/h5-10,12H,3-4,11H2,1-2H3. The molecular formula is C24H19F4N3O6. The van der Waals surface area contributed by atoms with Gasteiger partial charge < -0.3 is 9.15 Å². The van der Waals surface area contributed by atoms with Crippen LogP contribution in [0.5, 0.6) is 0 Å². The van der Waals surface area contributed by atoms with Crippen molar-refractivity contribution < 1.29 is 31.5 Å². The van der Waals surface area contributed by atoms with Crippen molar-refractivity contribution in [2.75, 3.05) is 6.61 Å². The summed E-state index contributed by atoms with van der Waals surface area (Å²) in [5.74, 6) is -3.35. The maximum atomic E-state index is 14.1. The Balaban J connectivity index is 1.97. The fourth-order valence-electron chi connectivity index (χ4n) is 3.97. The Morgan fingerprint density at radius 1 is 1.05 bits per heavy atom. The summed E-state index contributed by atoms with van der Waals surface area (Å²) >= 11 is 0. The highest BCUT2D eigenvalue weighted by Crippen LogP contribution is 2.34. The lowest BCUT2D eigenvalue weighted by molar-refractivity contribution is -0.140. The van der Waals surface area contributed by atoms with Gasteiger partial charge in [0, 0.05) is 18.8 Å². The number of benzene rings is 2. The summed E-state index contributed by atoms with van der Waals surface area (Å²) in [4.78, 5) is 50.9. The molecule has 0 saturated heterocycles. The molecule has 0 spiro atoms. The van der Waals surface area contributed by atoms with E-state index >= 15 is 0 Å². The van der Waals surface area contributed by atoms with Crippen LogP contribution in [0.25, 0.3) is 16.8 Å². The van der Waals surface area contributed by atoms with Crippen LogP contribution >= 0.6 is 0 Å². The van der Waals surface area contributed by atoms with Crippen molar-refractivity contribution in [3.63, 3.8) is 0 Å². The molecule has 4 aromatic rings. The van der Waals surface area contributed by atoms with Crippen molar-refractivity contribution in [2.45, 2.75) is 33.1 Å². The normalized spacial score (nSPS) is 11.7. The minimum atomic E-state index is -5.11. The van der Waals surface area contributed by atoms with E-state index in [4.69, 9.17) is 9.15 Å². The Labute approximate surface area is 204 Å². The molecule has 0 aliphatic rings. The number of fused-ring (bicyclic) bond motifs is 1. The Morgan fingerprint density at radius 2 is 1.78 bits per heavy atom. The van der Waals surface area contributed by atoms with Gasteiger partial charge in [-0.05, 0) is 37.6 Å². The van der Waals surface area contributed by atoms with E-state index in [1.807, 2.05) is 0 Å². The molecule has 0 bridgehead atoms. The molecule has 2 heterocycles. The van der Waals surface area contributed by atoms with E-state index in [-0.39, 0.29) is 17.9 Å². The number of hydrogen-bond acceptors (Lipinski definition) is 6. The van der Waals surface area contributed by atoms with Crippen molar-refractivity contribution >= 4 is 17.1 Å². The lowest BCUT2D eigenvalue weighted by Crippen LogP contribution is -2.42. The number of alkyl halides is 3. The Hall–Kier alpha value is -4.42. The van der Waals surface area contributed by atoms with Crippen LogP contribution in [0, 0.1) is 5.82 Å². The minimum Gasteiger partial charge on any atom is -0.462 e. The third kappa shape index (κ3) is 4.59. The Kier molecular flexibility index (Phi) is 6.63. The van der Waals surface area contributed by atoms with Crippen molar-refractivity contribution in [1.82, 2.24) is 13.7 Å². The lowest BCUT2D eigenvalue weighted by Gasteiger charge is -2.16. The van der Waals surface area contributed by atoms with Gasteiger partial charge in [0.15, 0.2) is 5.58 Å². The van der Waals surface area contributed by atoms with E-state index in [2.05, 4.69) is 0 Å². The summed E-state index contributed by atoms with van der Waals surface area (Å²) in [7, 11) is 0. The third-order valence-corrected chi connectivity index (χ3v) is 5.62. The Morgan fingerprint density at radius 3 is 2.43 bits per heavy atom. The van der Waals surface area contributed by atoms with Crippen LogP contribution < -0.4 is 17.0 Å². The van der Waals surface area contributed by atoms with E-state index in [0.717, 1.165) is 22.9 Å². The molecular weight excluding hydrogens is 502 g/mol. The maximum absolute atomic E-state index is 14.1. The van der Waals surface area contributed by atoms with Gasteiger partial charge in [-0.1, -0.05) is 12.1 Å². The van der Waals surface area contributed by atoms with E-state index in [1.54, 1.807) is 6.92 Å². The minimum absolute atomic E-state index is 0.0455. The molecule has 0 saturated carbocycles. The molecule has 2 aromatic heterocycles. The van der Waals surface area contributed by atoms with Gasteiger partial charge >= 0.3 is 23.6 Å². The molecule has 9 nitrogen and oxygen atoms in total. The molecule has 0 amide bonds.